The fraction of sp³-hybridized carbons (Fsp3) is 0.333. The van der Waals surface area contributed by atoms with Crippen LogP contribution < -0.4 is 9.47 Å². The van der Waals surface area contributed by atoms with Gasteiger partial charge in [0.05, 0.1) is 30.9 Å². The second kappa shape index (κ2) is 9.72. The first-order chi connectivity index (χ1) is 16.0. The Morgan fingerprint density at radius 1 is 1.27 bits per heavy atom. The van der Waals surface area contributed by atoms with E-state index in [1.54, 1.807) is 26.3 Å². The van der Waals surface area contributed by atoms with Gasteiger partial charge in [-0.15, -0.1) is 0 Å². The zero-order chi connectivity index (χ0) is 23.4. The molecule has 4 rings (SSSR count). The summed E-state index contributed by atoms with van der Waals surface area (Å²) < 4.78 is 21.6. The van der Waals surface area contributed by atoms with Crippen molar-refractivity contribution in [3.05, 3.63) is 42.2 Å². The minimum atomic E-state index is -0.209. The molecule has 0 fully saturated rings. The molecule has 1 aromatic carbocycles. The summed E-state index contributed by atoms with van der Waals surface area (Å²) >= 11 is 0. The molecule has 0 aliphatic heterocycles. The highest BCUT2D eigenvalue weighted by Crippen LogP contribution is 2.33. The summed E-state index contributed by atoms with van der Waals surface area (Å²) in [6, 6.07) is 7.60. The number of carbonyl (C=O) groups is 1. The quantitative estimate of drug-likeness (QED) is 0.369. The lowest BCUT2D eigenvalue weighted by molar-refractivity contribution is -0.143. The number of para-hydroxylation sites is 1. The Hall–Kier alpha value is -3.88. The van der Waals surface area contributed by atoms with Crippen molar-refractivity contribution in [1.29, 1.82) is 0 Å². The molecule has 4 aromatic rings. The Morgan fingerprint density at radius 3 is 2.88 bits per heavy atom. The third-order valence-corrected chi connectivity index (χ3v) is 5.00. The van der Waals surface area contributed by atoms with Crippen molar-refractivity contribution in [2.45, 2.75) is 39.7 Å². The van der Waals surface area contributed by atoms with E-state index in [0.29, 0.717) is 48.4 Å². The van der Waals surface area contributed by atoms with Gasteiger partial charge in [0.1, 0.15) is 0 Å². The predicted octanol–water partition coefficient (Wildman–Crippen LogP) is 4.57. The van der Waals surface area contributed by atoms with Crippen molar-refractivity contribution >= 4 is 16.9 Å². The maximum absolute atomic E-state index is 11.7. The number of carbonyl (C=O) groups excluding carboxylic acids is 1. The Kier molecular flexibility index (Phi) is 6.58. The molecular formula is C24H26N4O5. The van der Waals surface area contributed by atoms with E-state index >= 15 is 0 Å². The number of aromatic amines is 1. The minimum Gasteiger partial charge on any atom is -0.491 e. The number of ether oxygens (including phenoxy) is 3. The van der Waals surface area contributed by atoms with Crippen LogP contribution in [0.2, 0.25) is 0 Å². The average molecular weight is 450 g/mol. The number of pyridine rings is 1. The van der Waals surface area contributed by atoms with Gasteiger partial charge in [0.2, 0.25) is 5.82 Å². The molecule has 33 heavy (non-hydrogen) atoms. The largest absolute Gasteiger partial charge is 0.491 e. The summed E-state index contributed by atoms with van der Waals surface area (Å²) in [5, 5.41) is 5.17. The summed E-state index contributed by atoms with van der Waals surface area (Å²) in [6.45, 7) is 6.02. The van der Waals surface area contributed by atoms with E-state index in [0.717, 1.165) is 22.0 Å². The molecule has 3 aromatic heterocycles. The van der Waals surface area contributed by atoms with Crippen LogP contribution in [0.3, 0.4) is 0 Å². The van der Waals surface area contributed by atoms with Crippen molar-refractivity contribution in [1.82, 2.24) is 20.1 Å². The molecule has 1 N–H and O–H groups in total. The predicted molar refractivity (Wildman–Crippen MR) is 122 cm³/mol. The molecule has 0 spiro atoms. The number of methoxy groups -OCH3 is 1. The van der Waals surface area contributed by atoms with Crippen LogP contribution in [0.1, 0.15) is 32.8 Å². The zero-order valence-corrected chi connectivity index (χ0v) is 19.0. The van der Waals surface area contributed by atoms with Gasteiger partial charge in [-0.3, -0.25) is 4.79 Å². The number of fused-ring (bicyclic) bond motifs is 1. The topological polar surface area (TPSA) is 112 Å². The van der Waals surface area contributed by atoms with Crippen molar-refractivity contribution in [2.75, 3.05) is 13.7 Å². The number of aryl methyl sites for hydroxylation is 1. The van der Waals surface area contributed by atoms with Crippen molar-refractivity contribution in [3.63, 3.8) is 0 Å². The lowest BCUT2D eigenvalue weighted by atomic mass is 10.1. The molecule has 0 aliphatic rings. The van der Waals surface area contributed by atoms with Crippen LogP contribution in [-0.4, -0.2) is 45.9 Å². The van der Waals surface area contributed by atoms with Gasteiger partial charge in [0, 0.05) is 35.8 Å². The highest BCUT2D eigenvalue weighted by Gasteiger charge is 2.18. The van der Waals surface area contributed by atoms with E-state index in [1.807, 2.05) is 38.2 Å². The van der Waals surface area contributed by atoms with Crippen molar-refractivity contribution < 1.29 is 23.5 Å². The van der Waals surface area contributed by atoms with Gasteiger partial charge in [0.15, 0.2) is 5.75 Å². The lowest BCUT2D eigenvalue weighted by Gasteiger charge is -2.12. The van der Waals surface area contributed by atoms with E-state index in [4.69, 9.17) is 18.7 Å². The summed E-state index contributed by atoms with van der Waals surface area (Å²) in [5.74, 6) is 1.44. The molecule has 3 heterocycles. The van der Waals surface area contributed by atoms with Gasteiger partial charge in [-0.1, -0.05) is 17.3 Å². The number of aromatic nitrogens is 4. The molecule has 0 saturated heterocycles. The van der Waals surface area contributed by atoms with Crippen LogP contribution >= 0.6 is 0 Å². The fourth-order valence-electron chi connectivity index (χ4n) is 3.53. The number of hydrogen-bond donors (Lipinski definition) is 1. The second-order valence-electron chi connectivity index (χ2n) is 7.67. The normalized spacial score (nSPS) is 11.2. The van der Waals surface area contributed by atoms with E-state index in [9.17, 15) is 4.79 Å². The van der Waals surface area contributed by atoms with Gasteiger partial charge in [0.25, 0.3) is 11.8 Å². The average Bonchev–Trinajstić information content (AvgIpc) is 3.45. The summed E-state index contributed by atoms with van der Waals surface area (Å²) in [6.07, 6.45) is 4.38. The minimum absolute atomic E-state index is 0.0317. The Balaban J connectivity index is 1.61. The first-order valence-electron chi connectivity index (χ1n) is 10.8. The van der Waals surface area contributed by atoms with Gasteiger partial charge in [-0.05, 0) is 38.8 Å². The Labute approximate surface area is 191 Å². The van der Waals surface area contributed by atoms with Gasteiger partial charge in [-0.2, -0.15) is 4.98 Å². The molecule has 0 atom stereocenters. The van der Waals surface area contributed by atoms with E-state index in [1.165, 1.54) is 0 Å². The molecular weight excluding hydrogens is 424 g/mol. The number of hydrogen-bond acceptors (Lipinski definition) is 8. The number of rotatable bonds is 9. The molecule has 0 bridgehead atoms. The number of nitrogens with zero attached hydrogens (tertiary/aromatic N) is 3. The van der Waals surface area contributed by atoms with Crippen LogP contribution in [0.25, 0.3) is 33.7 Å². The molecule has 0 saturated carbocycles. The van der Waals surface area contributed by atoms with Crippen LogP contribution in [-0.2, 0) is 16.0 Å². The number of H-pyrrole nitrogens is 1. The van der Waals surface area contributed by atoms with Crippen LogP contribution in [0, 0.1) is 0 Å². The molecule has 9 nitrogen and oxygen atoms in total. The van der Waals surface area contributed by atoms with Crippen LogP contribution in [0.5, 0.6) is 11.6 Å². The lowest BCUT2D eigenvalue weighted by Crippen LogP contribution is -2.08. The van der Waals surface area contributed by atoms with Gasteiger partial charge in [-0.25, -0.2) is 4.98 Å². The molecule has 172 valence electrons. The standard InChI is InChI=1S/C24H26N4O5/c1-5-31-20(29)10-9-15-12-25-21-17(15)7-6-8-18(21)22-27-23(33-28-22)16-11-19(30-4)24(26-13-16)32-14(2)3/h6-8,11-14,25H,5,9-10H2,1-4H3. The van der Waals surface area contributed by atoms with E-state index < -0.39 is 0 Å². The van der Waals surface area contributed by atoms with Crippen LogP contribution in [0.15, 0.2) is 41.2 Å². The molecule has 0 aliphatic carbocycles. The van der Waals surface area contributed by atoms with Crippen molar-refractivity contribution in [3.8, 4) is 34.5 Å². The maximum atomic E-state index is 11.7. The first-order valence-corrected chi connectivity index (χ1v) is 10.8. The Morgan fingerprint density at radius 2 is 2.12 bits per heavy atom. The highest BCUT2D eigenvalue weighted by atomic mass is 16.5. The molecule has 0 amide bonds. The van der Waals surface area contributed by atoms with Gasteiger partial charge >= 0.3 is 5.97 Å². The molecule has 0 radical (unpaired) electrons. The van der Waals surface area contributed by atoms with Crippen LogP contribution in [0.4, 0.5) is 0 Å². The first kappa shape index (κ1) is 22.3. The monoisotopic (exact) mass is 450 g/mol. The van der Waals surface area contributed by atoms with Crippen molar-refractivity contribution in [2.24, 2.45) is 0 Å². The second-order valence-corrected chi connectivity index (χ2v) is 7.67. The third-order valence-electron chi connectivity index (χ3n) is 5.00. The van der Waals surface area contributed by atoms with E-state index in [-0.39, 0.29) is 12.1 Å². The molecule has 9 heteroatoms. The highest BCUT2D eigenvalue weighted by molar-refractivity contribution is 5.94. The Bertz CT molecular complexity index is 1260. The number of benzene rings is 1. The number of esters is 1. The van der Waals surface area contributed by atoms with E-state index in [2.05, 4.69) is 20.1 Å². The summed E-state index contributed by atoms with van der Waals surface area (Å²) in [5.41, 5.74) is 3.32. The fourth-order valence-corrected chi connectivity index (χ4v) is 3.53. The number of nitrogens with one attached hydrogen (secondary N) is 1. The molecule has 0 unspecified atom stereocenters. The summed E-state index contributed by atoms with van der Waals surface area (Å²) in [4.78, 5) is 23.9. The smallest absolute Gasteiger partial charge is 0.306 e. The maximum Gasteiger partial charge on any atom is 0.306 e. The zero-order valence-electron chi connectivity index (χ0n) is 19.0. The SMILES string of the molecule is CCOC(=O)CCc1c[nH]c2c(-c3noc(-c4cnc(OC(C)C)c(OC)c4)n3)cccc12. The van der Waals surface area contributed by atoms with Gasteiger partial charge < -0.3 is 23.7 Å². The third kappa shape index (κ3) is 4.82. The summed E-state index contributed by atoms with van der Waals surface area (Å²) in [7, 11) is 1.55.